The number of nitrogens with two attached hydrogens (primary N) is 1. The van der Waals surface area contributed by atoms with Crippen LogP contribution >= 0.6 is 0 Å². The Kier molecular flexibility index (Phi) is 6.02. The summed E-state index contributed by atoms with van der Waals surface area (Å²) in [6.07, 6.45) is 4.34. The third-order valence-corrected chi connectivity index (χ3v) is 3.97. The van der Waals surface area contributed by atoms with Crippen LogP contribution in [0.25, 0.3) is 0 Å². The van der Waals surface area contributed by atoms with Gasteiger partial charge in [0.05, 0.1) is 6.61 Å². The Morgan fingerprint density at radius 3 is 2.71 bits per heavy atom. The normalized spacial score (nSPS) is 15.1. The maximum absolute atomic E-state index is 12.4. The van der Waals surface area contributed by atoms with Crippen LogP contribution in [-0.4, -0.2) is 41.7 Å². The first kappa shape index (κ1) is 15.8. The molecule has 1 aliphatic carbocycles. The first-order chi connectivity index (χ1) is 10.3. The van der Waals surface area contributed by atoms with Crippen LogP contribution in [-0.2, 0) is 11.3 Å². The molecule has 1 aliphatic rings. The molecule has 116 valence electrons. The highest BCUT2D eigenvalue weighted by atomic mass is 16.5. The summed E-state index contributed by atoms with van der Waals surface area (Å²) in [6.45, 7) is 0.744. The van der Waals surface area contributed by atoms with E-state index < -0.39 is 0 Å². The van der Waals surface area contributed by atoms with Crippen molar-refractivity contribution in [1.82, 2.24) is 4.90 Å². The summed E-state index contributed by atoms with van der Waals surface area (Å²) in [4.78, 5) is 14.1. The highest BCUT2D eigenvalue weighted by molar-refractivity contribution is 5.78. The molecule has 0 radical (unpaired) electrons. The van der Waals surface area contributed by atoms with E-state index in [9.17, 15) is 4.79 Å². The van der Waals surface area contributed by atoms with E-state index in [1.807, 2.05) is 24.3 Å². The molecule has 1 aromatic carbocycles. The van der Waals surface area contributed by atoms with Crippen molar-refractivity contribution in [3.63, 3.8) is 0 Å². The maximum Gasteiger partial charge on any atom is 0.260 e. The van der Waals surface area contributed by atoms with Crippen LogP contribution in [0.2, 0.25) is 0 Å². The van der Waals surface area contributed by atoms with Gasteiger partial charge in [-0.3, -0.25) is 4.79 Å². The predicted molar refractivity (Wildman–Crippen MR) is 80.9 cm³/mol. The number of nitrogens with zero attached hydrogens (tertiary/aromatic N) is 1. The Hall–Kier alpha value is -1.59. The van der Waals surface area contributed by atoms with Crippen molar-refractivity contribution in [3.05, 3.63) is 29.8 Å². The number of benzene rings is 1. The zero-order valence-corrected chi connectivity index (χ0v) is 12.3. The zero-order chi connectivity index (χ0) is 15.1. The van der Waals surface area contributed by atoms with Gasteiger partial charge in [0.15, 0.2) is 6.61 Å². The van der Waals surface area contributed by atoms with E-state index in [2.05, 4.69) is 0 Å². The van der Waals surface area contributed by atoms with Gasteiger partial charge < -0.3 is 20.5 Å². The summed E-state index contributed by atoms with van der Waals surface area (Å²) in [6, 6.07) is 7.72. The molecular formula is C16H24N2O3. The lowest BCUT2D eigenvalue weighted by Crippen LogP contribution is -2.43. The topological polar surface area (TPSA) is 75.8 Å². The molecule has 0 bridgehead atoms. The Morgan fingerprint density at radius 2 is 2.05 bits per heavy atom. The molecule has 0 atom stereocenters. The average Bonchev–Trinajstić information content (AvgIpc) is 3.04. The van der Waals surface area contributed by atoms with Gasteiger partial charge in [0.25, 0.3) is 5.91 Å². The van der Waals surface area contributed by atoms with Crippen molar-refractivity contribution in [2.75, 3.05) is 19.8 Å². The molecule has 0 aromatic heterocycles. The Bertz CT molecular complexity index is 459. The number of carbonyl (C=O) groups is 1. The fourth-order valence-electron chi connectivity index (χ4n) is 2.87. The van der Waals surface area contributed by atoms with Crippen molar-refractivity contribution in [2.24, 2.45) is 5.73 Å². The number of ether oxygens (including phenoxy) is 1. The lowest BCUT2D eigenvalue weighted by molar-refractivity contribution is -0.136. The number of aliphatic hydroxyl groups is 1. The molecule has 0 unspecified atom stereocenters. The highest BCUT2D eigenvalue weighted by Crippen LogP contribution is 2.24. The van der Waals surface area contributed by atoms with Gasteiger partial charge in [-0.1, -0.05) is 31.0 Å². The maximum atomic E-state index is 12.4. The summed E-state index contributed by atoms with van der Waals surface area (Å²) >= 11 is 0. The van der Waals surface area contributed by atoms with E-state index in [1.54, 1.807) is 4.90 Å². The van der Waals surface area contributed by atoms with Gasteiger partial charge in [-0.05, 0) is 18.9 Å². The van der Waals surface area contributed by atoms with Crippen molar-refractivity contribution < 1.29 is 14.6 Å². The molecule has 5 nitrogen and oxygen atoms in total. The molecule has 1 saturated carbocycles. The molecule has 0 heterocycles. The van der Waals surface area contributed by atoms with Crippen molar-refractivity contribution >= 4 is 5.91 Å². The quantitative estimate of drug-likeness (QED) is 0.794. The van der Waals surface area contributed by atoms with Crippen LogP contribution in [0.3, 0.4) is 0 Å². The van der Waals surface area contributed by atoms with Crippen LogP contribution in [0.1, 0.15) is 31.2 Å². The van der Waals surface area contributed by atoms with Crippen molar-refractivity contribution in [3.8, 4) is 5.75 Å². The zero-order valence-electron chi connectivity index (χ0n) is 12.3. The minimum atomic E-state index is -0.0669. The van der Waals surface area contributed by atoms with Gasteiger partial charge in [-0.25, -0.2) is 0 Å². The molecule has 3 N–H and O–H groups in total. The SMILES string of the molecule is NCc1ccccc1OCC(=O)N(CCO)C1CCCC1. The molecule has 1 fully saturated rings. The van der Waals surface area contributed by atoms with Gasteiger partial charge in [-0.2, -0.15) is 0 Å². The minimum absolute atomic E-state index is 0.00644. The fraction of sp³-hybridized carbons (Fsp3) is 0.562. The monoisotopic (exact) mass is 292 g/mol. The van der Waals surface area contributed by atoms with Crippen LogP contribution in [0, 0.1) is 0 Å². The molecular weight excluding hydrogens is 268 g/mol. The molecule has 21 heavy (non-hydrogen) atoms. The second-order valence-electron chi connectivity index (χ2n) is 5.35. The smallest absolute Gasteiger partial charge is 0.260 e. The van der Waals surface area contributed by atoms with Gasteiger partial charge in [0, 0.05) is 24.7 Å². The number of rotatable bonds is 7. The number of para-hydroxylation sites is 1. The van der Waals surface area contributed by atoms with Gasteiger partial charge >= 0.3 is 0 Å². The second-order valence-corrected chi connectivity index (χ2v) is 5.35. The summed E-state index contributed by atoms with van der Waals surface area (Å²) in [5.74, 6) is 0.589. The summed E-state index contributed by atoms with van der Waals surface area (Å²) in [7, 11) is 0. The summed E-state index contributed by atoms with van der Waals surface area (Å²) < 4.78 is 5.62. The Morgan fingerprint density at radius 1 is 1.33 bits per heavy atom. The van der Waals surface area contributed by atoms with E-state index in [-0.39, 0.29) is 25.2 Å². The standard InChI is InChI=1S/C16H24N2O3/c17-11-13-5-1-4-8-15(13)21-12-16(20)18(9-10-19)14-6-2-3-7-14/h1,4-5,8,14,19H,2-3,6-7,9-12,17H2. The van der Waals surface area contributed by atoms with Crippen LogP contribution in [0.15, 0.2) is 24.3 Å². The van der Waals surface area contributed by atoms with Crippen LogP contribution in [0.4, 0.5) is 0 Å². The van der Waals surface area contributed by atoms with Gasteiger partial charge in [0.1, 0.15) is 5.75 Å². The summed E-state index contributed by atoms with van der Waals surface area (Å²) in [5, 5.41) is 9.16. The van der Waals surface area contributed by atoms with E-state index in [0.717, 1.165) is 31.2 Å². The van der Waals surface area contributed by atoms with Crippen molar-refractivity contribution in [1.29, 1.82) is 0 Å². The van der Waals surface area contributed by atoms with Gasteiger partial charge in [-0.15, -0.1) is 0 Å². The first-order valence-electron chi connectivity index (χ1n) is 7.57. The number of hydrogen-bond donors (Lipinski definition) is 2. The van der Waals surface area contributed by atoms with E-state index in [4.69, 9.17) is 15.6 Å². The average molecular weight is 292 g/mol. The molecule has 5 heteroatoms. The first-order valence-corrected chi connectivity index (χ1v) is 7.57. The number of aliphatic hydroxyl groups excluding tert-OH is 1. The predicted octanol–water partition coefficient (Wildman–Crippen LogP) is 1.29. The van der Waals surface area contributed by atoms with E-state index in [0.29, 0.717) is 18.8 Å². The number of carbonyl (C=O) groups excluding carboxylic acids is 1. The lowest BCUT2D eigenvalue weighted by Gasteiger charge is -2.28. The molecule has 0 spiro atoms. The van der Waals surface area contributed by atoms with Gasteiger partial charge in [0.2, 0.25) is 0 Å². The second kappa shape index (κ2) is 8.00. The molecule has 1 amide bonds. The Labute approximate surface area is 125 Å². The van der Waals surface area contributed by atoms with Crippen molar-refractivity contribution in [2.45, 2.75) is 38.3 Å². The third-order valence-electron chi connectivity index (χ3n) is 3.97. The largest absolute Gasteiger partial charge is 0.483 e. The van der Waals surface area contributed by atoms with E-state index in [1.165, 1.54) is 0 Å². The fourth-order valence-corrected chi connectivity index (χ4v) is 2.87. The highest BCUT2D eigenvalue weighted by Gasteiger charge is 2.26. The minimum Gasteiger partial charge on any atom is -0.483 e. The molecule has 0 aliphatic heterocycles. The molecule has 2 rings (SSSR count). The number of amides is 1. The third kappa shape index (κ3) is 4.19. The van der Waals surface area contributed by atoms with E-state index >= 15 is 0 Å². The molecule has 0 saturated heterocycles. The number of hydrogen-bond acceptors (Lipinski definition) is 4. The lowest BCUT2D eigenvalue weighted by atomic mass is 10.2. The van der Waals surface area contributed by atoms with Crippen LogP contribution in [0.5, 0.6) is 5.75 Å². The van der Waals surface area contributed by atoms with Crippen LogP contribution < -0.4 is 10.5 Å². The summed E-state index contributed by atoms with van der Waals surface area (Å²) in [5.41, 5.74) is 6.54. The Balaban J connectivity index is 1.95. The molecule has 1 aromatic rings.